The Kier molecular flexibility index (Phi) is 6.72. The molecular weight excluding hydrogens is 342 g/mol. The highest BCUT2D eigenvalue weighted by Crippen LogP contribution is 2.35. The van der Waals surface area contributed by atoms with E-state index in [-0.39, 0.29) is 18.4 Å². The molecule has 0 spiro atoms. The van der Waals surface area contributed by atoms with Gasteiger partial charge in [0.2, 0.25) is 0 Å². The van der Waals surface area contributed by atoms with E-state index in [4.69, 9.17) is 4.74 Å². The first-order valence-corrected chi connectivity index (χ1v) is 10.1. The van der Waals surface area contributed by atoms with Crippen molar-refractivity contribution >= 4 is 17.5 Å². The predicted molar refractivity (Wildman–Crippen MR) is 105 cm³/mol. The van der Waals surface area contributed by atoms with Gasteiger partial charge in [0, 0.05) is 18.8 Å². The highest BCUT2D eigenvalue weighted by Gasteiger charge is 2.33. The molecule has 1 saturated carbocycles. The second-order valence-electron chi connectivity index (χ2n) is 8.02. The second-order valence-corrected chi connectivity index (χ2v) is 8.02. The Hall–Kier alpha value is -2.08. The van der Waals surface area contributed by atoms with Crippen LogP contribution >= 0.6 is 0 Å². The van der Waals surface area contributed by atoms with Gasteiger partial charge in [0.1, 0.15) is 5.75 Å². The monoisotopic (exact) mass is 374 g/mol. The van der Waals surface area contributed by atoms with Crippen LogP contribution in [0.3, 0.4) is 0 Å². The first-order chi connectivity index (χ1) is 13.0. The summed E-state index contributed by atoms with van der Waals surface area (Å²) in [6, 6.07) is 7.24. The van der Waals surface area contributed by atoms with Gasteiger partial charge in [-0.1, -0.05) is 19.3 Å². The number of rotatable bonds is 6. The molecule has 1 aliphatic heterocycles. The third kappa shape index (κ3) is 5.45. The molecule has 6 nitrogen and oxygen atoms in total. The fraction of sp³-hybridized carbons (Fsp3) is 0.619. The maximum Gasteiger partial charge on any atom is 0.279 e. The van der Waals surface area contributed by atoms with Crippen LogP contribution in [0.15, 0.2) is 24.3 Å². The van der Waals surface area contributed by atoms with Gasteiger partial charge < -0.3 is 19.9 Å². The summed E-state index contributed by atoms with van der Waals surface area (Å²) in [4.78, 5) is 27.8. The van der Waals surface area contributed by atoms with E-state index < -0.39 is 0 Å². The van der Waals surface area contributed by atoms with Crippen LogP contribution in [0.4, 0.5) is 5.69 Å². The van der Waals surface area contributed by atoms with Crippen LogP contribution in [-0.4, -0.2) is 57.1 Å². The number of benzene rings is 1. The minimum Gasteiger partial charge on any atom is -0.497 e. The number of carbonyl (C=O) groups is 2. The number of nitrogens with one attached hydrogen (secondary N) is 2. The zero-order valence-electron chi connectivity index (χ0n) is 16.5. The molecule has 148 valence electrons. The van der Waals surface area contributed by atoms with Crippen molar-refractivity contribution in [2.75, 3.05) is 45.7 Å². The molecule has 3 atom stereocenters. The van der Waals surface area contributed by atoms with E-state index in [1.54, 1.807) is 7.11 Å². The molecule has 0 aromatic heterocycles. The predicted octanol–water partition coefficient (Wildman–Crippen LogP) is 1.19. The Balaban J connectivity index is 1.43. The number of likely N-dealkylation sites (tertiary alicyclic amines) is 1. The molecule has 27 heavy (non-hydrogen) atoms. The number of methoxy groups -OCH3 is 1. The first kappa shape index (κ1) is 19.7. The van der Waals surface area contributed by atoms with Gasteiger partial charge in [-0.2, -0.15) is 0 Å². The Morgan fingerprint density at radius 2 is 1.81 bits per heavy atom. The number of carbonyl (C=O) groups excluding carboxylic acids is 2. The third-order valence-corrected chi connectivity index (χ3v) is 5.93. The Bertz CT molecular complexity index is 647. The summed E-state index contributed by atoms with van der Waals surface area (Å²) < 4.78 is 5.11. The van der Waals surface area contributed by atoms with E-state index >= 15 is 0 Å². The van der Waals surface area contributed by atoms with Crippen molar-refractivity contribution in [3.63, 3.8) is 0 Å². The number of quaternary nitrogens is 1. The van der Waals surface area contributed by atoms with Crippen molar-refractivity contribution in [1.29, 1.82) is 0 Å². The zero-order valence-corrected chi connectivity index (χ0v) is 16.5. The summed E-state index contributed by atoms with van der Waals surface area (Å²) in [7, 11) is 3.51. The lowest BCUT2D eigenvalue weighted by Crippen LogP contribution is -3.11. The number of nitrogens with zero attached hydrogens (tertiary/aromatic N) is 1. The van der Waals surface area contributed by atoms with E-state index in [0.29, 0.717) is 12.5 Å². The molecule has 1 aromatic rings. The van der Waals surface area contributed by atoms with Gasteiger partial charge in [-0.25, -0.2) is 0 Å². The van der Waals surface area contributed by atoms with E-state index in [2.05, 4.69) is 5.32 Å². The maximum absolute atomic E-state index is 12.7. The highest BCUT2D eigenvalue weighted by molar-refractivity contribution is 5.91. The minimum absolute atomic E-state index is 0.0866. The summed E-state index contributed by atoms with van der Waals surface area (Å²) in [5.41, 5.74) is 0.735. The van der Waals surface area contributed by atoms with Crippen LogP contribution in [-0.2, 0) is 9.59 Å². The molecule has 1 heterocycles. The topological polar surface area (TPSA) is 63.1 Å². The molecule has 1 unspecified atom stereocenters. The molecule has 3 rings (SSSR count). The lowest BCUT2D eigenvalue weighted by molar-refractivity contribution is -0.862. The number of likely N-dealkylation sites (N-methyl/N-ethyl adjacent to an activating group) is 1. The molecule has 1 saturated heterocycles. The molecule has 2 aliphatic rings. The van der Waals surface area contributed by atoms with Crippen LogP contribution in [0.1, 0.15) is 32.1 Å². The van der Waals surface area contributed by atoms with Gasteiger partial charge in [-0.15, -0.1) is 0 Å². The van der Waals surface area contributed by atoms with Crippen LogP contribution in [0.25, 0.3) is 0 Å². The maximum atomic E-state index is 12.7. The first-order valence-electron chi connectivity index (χ1n) is 10.1. The molecule has 1 aromatic carbocycles. The van der Waals surface area contributed by atoms with Gasteiger partial charge in [-0.05, 0) is 48.9 Å². The van der Waals surface area contributed by atoms with E-state index in [9.17, 15) is 9.59 Å². The number of amides is 2. The zero-order chi connectivity index (χ0) is 19.2. The van der Waals surface area contributed by atoms with E-state index in [1.807, 2.05) is 36.2 Å². The Morgan fingerprint density at radius 3 is 2.52 bits per heavy atom. The molecular formula is C21H32N3O3+. The number of ether oxygens (including phenoxy) is 1. The number of piperidine rings is 1. The van der Waals surface area contributed by atoms with Crippen LogP contribution < -0.4 is 15.0 Å². The second kappa shape index (κ2) is 9.22. The average molecular weight is 375 g/mol. The smallest absolute Gasteiger partial charge is 0.279 e. The summed E-state index contributed by atoms with van der Waals surface area (Å²) in [5.74, 6) is 2.35. The SMILES string of the molecule is COc1ccc(NC(=O)C[NH+](C)CC(=O)N2CC[C@@H]3CCCC[C@@H]3C2)cc1. The van der Waals surface area contributed by atoms with Crippen LogP contribution in [0, 0.1) is 11.8 Å². The standard InChI is InChI=1S/C21H31N3O3/c1-23(14-20(25)22-18-7-9-19(27-2)10-8-18)15-21(26)24-12-11-16-5-3-4-6-17(16)13-24/h7-10,16-17H,3-6,11-15H2,1-2H3,(H,22,25)/p+1/t16-,17+/m0/s1. The van der Waals surface area contributed by atoms with Crippen molar-refractivity contribution in [2.24, 2.45) is 11.8 Å². The van der Waals surface area contributed by atoms with Crippen molar-refractivity contribution in [3.05, 3.63) is 24.3 Å². The average Bonchev–Trinajstić information content (AvgIpc) is 2.68. The Morgan fingerprint density at radius 1 is 1.11 bits per heavy atom. The molecule has 2 amide bonds. The molecule has 0 bridgehead atoms. The summed E-state index contributed by atoms with van der Waals surface area (Å²) in [6.45, 7) is 2.44. The number of hydrogen-bond acceptors (Lipinski definition) is 3. The largest absolute Gasteiger partial charge is 0.497 e. The Labute approximate surface area is 161 Å². The summed E-state index contributed by atoms with van der Waals surface area (Å²) in [6.07, 6.45) is 6.41. The van der Waals surface area contributed by atoms with Crippen molar-refractivity contribution in [1.82, 2.24) is 4.90 Å². The van der Waals surface area contributed by atoms with Crippen LogP contribution in [0.5, 0.6) is 5.75 Å². The fourth-order valence-electron chi connectivity index (χ4n) is 4.41. The van der Waals surface area contributed by atoms with Gasteiger partial charge in [0.15, 0.2) is 13.1 Å². The summed E-state index contributed by atoms with van der Waals surface area (Å²) in [5, 5.41) is 2.87. The molecule has 2 N–H and O–H groups in total. The number of anilines is 1. The lowest BCUT2D eigenvalue weighted by Gasteiger charge is -2.41. The normalized spacial score (nSPS) is 23.3. The lowest BCUT2D eigenvalue weighted by atomic mass is 9.75. The van der Waals surface area contributed by atoms with E-state index in [1.165, 1.54) is 25.7 Å². The van der Waals surface area contributed by atoms with Crippen molar-refractivity contribution in [3.8, 4) is 5.75 Å². The van der Waals surface area contributed by atoms with Crippen LogP contribution in [0.2, 0.25) is 0 Å². The minimum atomic E-state index is -0.0866. The van der Waals surface area contributed by atoms with Gasteiger partial charge in [0.25, 0.3) is 11.8 Å². The molecule has 6 heteroatoms. The highest BCUT2D eigenvalue weighted by atomic mass is 16.5. The number of hydrogen-bond donors (Lipinski definition) is 2. The number of fused-ring (bicyclic) bond motifs is 1. The molecule has 2 fully saturated rings. The van der Waals surface area contributed by atoms with Crippen molar-refractivity contribution in [2.45, 2.75) is 32.1 Å². The van der Waals surface area contributed by atoms with Crippen molar-refractivity contribution < 1.29 is 19.2 Å². The molecule has 0 radical (unpaired) electrons. The van der Waals surface area contributed by atoms with E-state index in [0.717, 1.165) is 41.8 Å². The van der Waals surface area contributed by atoms with Gasteiger partial charge in [0.05, 0.1) is 14.2 Å². The summed E-state index contributed by atoms with van der Waals surface area (Å²) >= 11 is 0. The molecule has 1 aliphatic carbocycles. The third-order valence-electron chi connectivity index (χ3n) is 5.93. The fourth-order valence-corrected chi connectivity index (χ4v) is 4.41. The van der Waals surface area contributed by atoms with Gasteiger partial charge >= 0.3 is 0 Å². The van der Waals surface area contributed by atoms with Gasteiger partial charge in [-0.3, -0.25) is 9.59 Å². The quantitative estimate of drug-likeness (QED) is 0.786.